The molecule has 3 N–H and O–H groups in total. The van der Waals surface area contributed by atoms with Crippen LogP contribution in [-0.4, -0.2) is 57.4 Å². The van der Waals surface area contributed by atoms with E-state index in [1.807, 2.05) is 0 Å². The third-order valence-corrected chi connectivity index (χ3v) is 3.60. The fourth-order valence-electron chi connectivity index (χ4n) is 2.40. The summed E-state index contributed by atoms with van der Waals surface area (Å²) in [7, 11) is 0. The van der Waals surface area contributed by atoms with E-state index in [-0.39, 0.29) is 23.2 Å². The number of hydrogen-bond donors (Lipinski definition) is 3. The normalized spacial score (nSPS) is 15.8. The average Bonchev–Trinajstić information content (AvgIpc) is 2.94. The molecule has 0 atom stereocenters. The van der Waals surface area contributed by atoms with Crippen LogP contribution in [0.4, 0.5) is 0 Å². The quantitative estimate of drug-likeness (QED) is 0.728. The summed E-state index contributed by atoms with van der Waals surface area (Å²) in [6.45, 7) is 3.16. The average molecular weight is 294 g/mol. The number of carbonyl (C=O) groups is 3. The lowest BCUT2D eigenvalue weighted by Gasteiger charge is -2.31. The van der Waals surface area contributed by atoms with Gasteiger partial charge in [-0.05, 0) is 18.8 Å². The van der Waals surface area contributed by atoms with Gasteiger partial charge in [0.05, 0.1) is 6.33 Å². The number of nitrogens with one attached hydrogen (secondary N) is 2. The monoisotopic (exact) mass is 294 g/mol. The second-order valence-corrected chi connectivity index (χ2v) is 5.10. The van der Waals surface area contributed by atoms with Crippen LogP contribution >= 0.6 is 0 Å². The van der Waals surface area contributed by atoms with Gasteiger partial charge in [-0.2, -0.15) is 0 Å². The number of imidazole rings is 1. The zero-order chi connectivity index (χ0) is 15.4. The molecule has 8 heteroatoms. The van der Waals surface area contributed by atoms with E-state index >= 15 is 0 Å². The van der Waals surface area contributed by atoms with E-state index in [9.17, 15) is 14.4 Å². The summed E-state index contributed by atoms with van der Waals surface area (Å²) in [5, 5.41) is 11.8. The van der Waals surface area contributed by atoms with Crippen molar-refractivity contribution in [3.8, 4) is 0 Å². The predicted octanol–water partition coefficient (Wildman–Crippen LogP) is 0.0962. The van der Waals surface area contributed by atoms with E-state index in [2.05, 4.69) is 15.3 Å². The van der Waals surface area contributed by atoms with Crippen molar-refractivity contribution in [2.75, 3.05) is 19.6 Å². The number of piperidine rings is 1. The Labute approximate surface area is 121 Å². The highest BCUT2D eigenvalue weighted by molar-refractivity contribution is 6.02. The summed E-state index contributed by atoms with van der Waals surface area (Å²) < 4.78 is 0. The number of carboxylic acid groups (broad SMARTS) is 1. The number of aromatic nitrogens is 2. The van der Waals surface area contributed by atoms with Gasteiger partial charge in [0, 0.05) is 26.6 Å². The number of hydrogen-bond acceptors (Lipinski definition) is 4. The van der Waals surface area contributed by atoms with Gasteiger partial charge in [0.2, 0.25) is 5.91 Å². The third-order valence-electron chi connectivity index (χ3n) is 3.60. The van der Waals surface area contributed by atoms with Crippen molar-refractivity contribution in [2.24, 2.45) is 5.92 Å². The Hall–Kier alpha value is -2.38. The molecule has 0 saturated carbocycles. The minimum Gasteiger partial charge on any atom is -0.477 e. The lowest BCUT2D eigenvalue weighted by atomic mass is 9.96. The number of carboxylic acids is 1. The molecular weight excluding hydrogens is 276 g/mol. The van der Waals surface area contributed by atoms with Crippen LogP contribution in [0.15, 0.2) is 6.33 Å². The molecule has 1 aliphatic heterocycles. The van der Waals surface area contributed by atoms with Crippen LogP contribution in [0.5, 0.6) is 0 Å². The molecule has 2 rings (SSSR count). The first-order valence-corrected chi connectivity index (χ1v) is 6.79. The van der Waals surface area contributed by atoms with Crippen LogP contribution in [-0.2, 0) is 4.79 Å². The summed E-state index contributed by atoms with van der Waals surface area (Å²) >= 11 is 0. The highest BCUT2D eigenvalue weighted by Gasteiger charge is 2.28. The minimum absolute atomic E-state index is 0.0530. The van der Waals surface area contributed by atoms with E-state index in [0.29, 0.717) is 25.6 Å². The number of aromatic amines is 1. The first-order chi connectivity index (χ1) is 9.99. The summed E-state index contributed by atoms with van der Waals surface area (Å²) in [4.78, 5) is 42.0. The molecule has 8 nitrogen and oxygen atoms in total. The van der Waals surface area contributed by atoms with Crippen molar-refractivity contribution in [2.45, 2.75) is 19.8 Å². The molecule has 1 aromatic rings. The van der Waals surface area contributed by atoms with Gasteiger partial charge in [-0.25, -0.2) is 9.78 Å². The maximum Gasteiger partial charge on any atom is 0.354 e. The first kappa shape index (κ1) is 15.0. The highest BCUT2D eigenvalue weighted by atomic mass is 16.4. The Kier molecular flexibility index (Phi) is 4.56. The van der Waals surface area contributed by atoms with Crippen LogP contribution < -0.4 is 5.32 Å². The maximum atomic E-state index is 12.3. The van der Waals surface area contributed by atoms with Gasteiger partial charge in [-0.1, -0.05) is 0 Å². The lowest BCUT2D eigenvalue weighted by molar-refractivity contribution is -0.119. The molecule has 1 saturated heterocycles. The van der Waals surface area contributed by atoms with Crippen molar-refractivity contribution in [1.82, 2.24) is 20.2 Å². The van der Waals surface area contributed by atoms with E-state index in [1.165, 1.54) is 13.3 Å². The lowest BCUT2D eigenvalue weighted by Crippen LogP contribution is -2.41. The molecule has 0 aromatic carbocycles. The molecule has 1 fully saturated rings. The molecule has 0 bridgehead atoms. The highest BCUT2D eigenvalue weighted by Crippen LogP contribution is 2.18. The fourth-order valence-corrected chi connectivity index (χ4v) is 2.40. The topological polar surface area (TPSA) is 115 Å². The number of rotatable bonds is 4. The first-order valence-electron chi connectivity index (χ1n) is 6.79. The minimum atomic E-state index is -1.20. The van der Waals surface area contributed by atoms with E-state index < -0.39 is 5.97 Å². The SMILES string of the molecule is CC(=O)NCC1CCN(C(=O)c2nc[nH]c2C(=O)O)CC1. The molecule has 1 aliphatic rings. The van der Waals surface area contributed by atoms with Crippen LogP contribution in [0, 0.1) is 5.92 Å². The van der Waals surface area contributed by atoms with E-state index in [0.717, 1.165) is 12.8 Å². The number of aromatic carboxylic acids is 1. The number of nitrogens with zero attached hydrogens (tertiary/aromatic N) is 2. The maximum absolute atomic E-state index is 12.3. The molecule has 0 radical (unpaired) electrons. The molecule has 21 heavy (non-hydrogen) atoms. The van der Waals surface area contributed by atoms with Crippen LogP contribution in [0.1, 0.15) is 40.7 Å². The van der Waals surface area contributed by atoms with E-state index in [1.54, 1.807) is 4.90 Å². The van der Waals surface area contributed by atoms with Gasteiger partial charge >= 0.3 is 5.97 Å². The number of likely N-dealkylation sites (tertiary alicyclic amines) is 1. The molecule has 2 amide bonds. The Morgan fingerprint density at radius 1 is 1.43 bits per heavy atom. The molecule has 0 spiro atoms. The predicted molar refractivity (Wildman–Crippen MR) is 72.9 cm³/mol. The van der Waals surface area contributed by atoms with Crippen molar-refractivity contribution in [3.05, 3.63) is 17.7 Å². The smallest absolute Gasteiger partial charge is 0.354 e. The van der Waals surface area contributed by atoms with Crippen LogP contribution in [0.25, 0.3) is 0 Å². The largest absolute Gasteiger partial charge is 0.477 e. The molecular formula is C13H18N4O4. The van der Waals surface area contributed by atoms with Crippen LogP contribution in [0.2, 0.25) is 0 Å². The Morgan fingerprint density at radius 2 is 2.10 bits per heavy atom. The van der Waals surface area contributed by atoms with E-state index in [4.69, 9.17) is 5.11 Å². The van der Waals surface area contributed by atoms with Gasteiger partial charge in [-0.15, -0.1) is 0 Å². The second kappa shape index (κ2) is 6.38. The third kappa shape index (κ3) is 3.59. The summed E-state index contributed by atoms with van der Waals surface area (Å²) in [5.41, 5.74) is -0.233. The Morgan fingerprint density at radius 3 is 2.67 bits per heavy atom. The summed E-state index contributed by atoms with van der Waals surface area (Å²) in [6, 6.07) is 0. The zero-order valence-electron chi connectivity index (χ0n) is 11.8. The summed E-state index contributed by atoms with van der Waals surface area (Å²) in [6.07, 6.45) is 2.76. The van der Waals surface area contributed by atoms with Gasteiger partial charge in [-0.3, -0.25) is 9.59 Å². The van der Waals surface area contributed by atoms with Crippen molar-refractivity contribution < 1.29 is 19.5 Å². The van der Waals surface area contributed by atoms with Gasteiger partial charge < -0.3 is 20.3 Å². The molecule has 0 aliphatic carbocycles. The summed E-state index contributed by atoms with van der Waals surface area (Å²) in [5.74, 6) is -1.28. The second-order valence-electron chi connectivity index (χ2n) is 5.10. The number of carbonyl (C=O) groups excluding carboxylic acids is 2. The van der Waals surface area contributed by atoms with Gasteiger partial charge in [0.25, 0.3) is 5.91 Å². The fraction of sp³-hybridized carbons (Fsp3) is 0.538. The molecule has 114 valence electrons. The molecule has 1 aromatic heterocycles. The van der Waals surface area contributed by atoms with Crippen molar-refractivity contribution >= 4 is 17.8 Å². The van der Waals surface area contributed by atoms with Crippen molar-refractivity contribution in [1.29, 1.82) is 0 Å². The number of amides is 2. The zero-order valence-corrected chi connectivity index (χ0v) is 11.8. The Bertz CT molecular complexity index is 546. The number of H-pyrrole nitrogens is 1. The van der Waals surface area contributed by atoms with Gasteiger partial charge in [0.15, 0.2) is 11.4 Å². The van der Waals surface area contributed by atoms with Crippen molar-refractivity contribution in [3.63, 3.8) is 0 Å². The molecule has 0 unspecified atom stereocenters. The molecule has 2 heterocycles. The van der Waals surface area contributed by atoms with Crippen LogP contribution in [0.3, 0.4) is 0 Å². The Balaban J connectivity index is 1.92. The standard InChI is InChI=1S/C13H18N4O4/c1-8(18)14-6-9-2-4-17(5-3-9)12(19)10-11(13(20)21)16-7-15-10/h7,9H,2-6H2,1H3,(H,14,18)(H,15,16)(H,20,21). The van der Waals surface area contributed by atoms with Gasteiger partial charge in [0.1, 0.15) is 0 Å².